The Kier molecular flexibility index (Phi) is 36.5. The van der Waals surface area contributed by atoms with Crippen LogP contribution >= 0.6 is 7.82 Å². The lowest BCUT2D eigenvalue weighted by molar-refractivity contribution is -0.161. The summed E-state index contributed by atoms with van der Waals surface area (Å²) >= 11 is 0. The molecule has 8 nitrogen and oxygen atoms in total. The van der Waals surface area contributed by atoms with E-state index in [4.69, 9.17) is 19.3 Å². The van der Waals surface area contributed by atoms with Crippen LogP contribution in [0.2, 0.25) is 0 Å². The second-order valence-corrected chi connectivity index (χ2v) is 14.2. The van der Waals surface area contributed by atoms with E-state index in [1.54, 1.807) is 0 Å². The van der Waals surface area contributed by atoms with Crippen molar-refractivity contribution in [3.63, 3.8) is 0 Å². The molecule has 0 aliphatic rings. The molecule has 0 amide bonds. The smallest absolute Gasteiger partial charge is 0.462 e. The summed E-state index contributed by atoms with van der Waals surface area (Å²) in [5.74, 6) is -0.948. The molecule has 0 saturated heterocycles. The Balaban J connectivity index is 3.97. The van der Waals surface area contributed by atoms with Crippen LogP contribution in [0.3, 0.4) is 0 Å². The van der Waals surface area contributed by atoms with Crippen molar-refractivity contribution in [1.82, 2.24) is 0 Å². The first kappa shape index (κ1) is 50.0. The fourth-order valence-electron chi connectivity index (χ4n) is 5.02. The number of hydrogen-bond donors (Lipinski definition) is 2. The van der Waals surface area contributed by atoms with Crippen LogP contribution in [-0.2, 0) is 28.2 Å². The standard InChI is InChI=1S/C44H71O8P/c1-3-5-7-9-11-13-15-17-18-19-20-21-22-23-24-25-27-28-30-32-34-36-38-43(45)50-40-42(41-51-53(47,48)49)52-44(46)39-37-35-33-31-29-26-16-14-12-10-8-6-4-2/h5-8,10-14,16-18,20-21,26,29,42H,3-4,9,15,19,22-25,27-28,30-41H2,1-2H3,(H2,47,48,49)/b7-5+,8-6+,12-10+,13-11+,16-14+,18-17+,21-20+,29-26+. The fourth-order valence-corrected chi connectivity index (χ4v) is 5.38. The van der Waals surface area contributed by atoms with Crippen LogP contribution in [0.5, 0.6) is 0 Å². The predicted molar refractivity (Wildman–Crippen MR) is 220 cm³/mol. The van der Waals surface area contributed by atoms with E-state index in [-0.39, 0.29) is 19.4 Å². The molecule has 0 radical (unpaired) electrons. The molecule has 1 unspecified atom stereocenters. The van der Waals surface area contributed by atoms with E-state index in [9.17, 15) is 14.2 Å². The fraction of sp³-hybridized carbons (Fsp3) is 0.591. The van der Waals surface area contributed by atoms with E-state index in [2.05, 4.69) is 79.1 Å². The van der Waals surface area contributed by atoms with Gasteiger partial charge in [0.05, 0.1) is 6.61 Å². The van der Waals surface area contributed by atoms with Crippen molar-refractivity contribution in [2.24, 2.45) is 0 Å². The molecule has 9 heteroatoms. The van der Waals surface area contributed by atoms with Gasteiger partial charge in [0.25, 0.3) is 0 Å². The van der Waals surface area contributed by atoms with Crippen LogP contribution in [0.25, 0.3) is 0 Å². The Morgan fingerprint density at radius 2 is 0.943 bits per heavy atom. The van der Waals surface area contributed by atoms with Gasteiger partial charge in [-0.05, 0) is 70.6 Å². The summed E-state index contributed by atoms with van der Waals surface area (Å²) in [6.45, 7) is 3.37. The maximum absolute atomic E-state index is 12.3. The zero-order valence-corrected chi connectivity index (χ0v) is 33.8. The summed E-state index contributed by atoms with van der Waals surface area (Å²) in [6, 6.07) is 0. The largest absolute Gasteiger partial charge is 0.469 e. The lowest BCUT2D eigenvalue weighted by Crippen LogP contribution is -2.29. The van der Waals surface area contributed by atoms with E-state index in [1.807, 2.05) is 36.5 Å². The highest BCUT2D eigenvalue weighted by Crippen LogP contribution is 2.36. The summed E-state index contributed by atoms with van der Waals surface area (Å²) in [5, 5.41) is 0. The SMILES string of the molecule is CC/C=C/C=C/C=C/C=C/CCCCCC(=O)OC(COC(=O)CCCCCCCCCCC/C=C/C/C=C/C/C=C/C/C=C/CC)COP(=O)(O)O. The summed E-state index contributed by atoms with van der Waals surface area (Å²) < 4.78 is 26.3. The first-order valence-electron chi connectivity index (χ1n) is 20.1. The Morgan fingerprint density at radius 3 is 1.51 bits per heavy atom. The Bertz CT molecular complexity index is 1170. The van der Waals surface area contributed by atoms with Gasteiger partial charge in [0.2, 0.25) is 0 Å². The van der Waals surface area contributed by atoms with Gasteiger partial charge in [0, 0.05) is 12.8 Å². The minimum absolute atomic E-state index is 0.159. The van der Waals surface area contributed by atoms with Crippen molar-refractivity contribution in [3.05, 3.63) is 97.2 Å². The van der Waals surface area contributed by atoms with Crippen LogP contribution in [0.15, 0.2) is 97.2 Å². The van der Waals surface area contributed by atoms with Crippen LogP contribution in [0.4, 0.5) is 0 Å². The number of phosphoric acid groups is 1. The maximum Gasteiger partial charge on any atom is 0.469 e. The topological polar surface area (TPSA) is 119 Å². The van der Waals surface area contributed by atoms with Crippen molar-refractivity contribution < 1.29 is 37.9 Å². The van der Waals surface area contributed by atoms with Crippen LogP contribution in [0, 0.1) is 0 Å². The number of ether oxygens (including phenoxy) is 2. The lowest BCUT2D eigenvalue weighted by atomic mass is 10.1. The number of allylic oxidation sites excluding steroid dienone is 16. The molecule has 300 valence electrons. The quantitative estimate of drug-likeness (QED) is 0.0215. The van der Waals surface area contributed by atoms with Gasteiger partial charge < -0.3 is 19.3 Å². The molecule has 2 N–H and O–H groups in total. The third kappa shape index (κ3) is 41.6. The minimum atomic E-state index is -4.77. The predicted octanol–water partition coefficient (Wildman–Crippen LogP) is 12.2. The molecule has 0 saturated carbocycles. The monoisotopic (exact) mass is 758 g/mol. The Morgan fingerprint density at radius 1 is 0.509 bits per heavy atom. The number of phosphoric ester groups is 1. The van der Waals surface area contributed by atoms with Crippen LogP contribution in [-0.4, -0.2) is 41.0 Å². The van der Waals surface area contributed by atoms with Gasteiger partial charge in [0.15, 0.2) is 6.10 Å². The number of rotatable bonds is 35. The third-order valence-corrected chi connectivity index (χ3v) is 8.43. The molecule has 0 aromatic carbocycles. The zero-order valence-electron chi connectivity index (χ0n) is 32.9. The summed E-state index contributed by atoms with van der Waals surface area (Å²) in [4.78, 5) is 42.8. The highest BCUT2D eigenvalue weighted by Gasteiger charge is 2.22. The normalized spacial score (nSPS) is 13.5. The van der Waals surface area contributed by atoms with E-state index >= 15 is 0 Å². The number of esters is 2. The molecule has 53 heavy (non-hydrogen) atoms. The minimum Gasteiger partial charge on any atom is -0.462 e. The first-order valence-corrected chi connectivity index (χ1v) is 21.6. The lowest BCUT2D eigenvalue weighted by Gasteiger charge is -2.18. The molecule has 1 atom stereocenters. The maximum atomic E-state index is 12.3. The highest BCUT2D eigenvalue weighted by atomic mass is 31.2. The van der Waals surface area contributed by atoms with Crippen molar-refractivity contribution in [2.75, 3.05) is 13.2 Å². The summed E-state index contributed by atoms with van der Waals surface area (Å²) in [7, 11) is -4.77. The molecular formula is C44H71O8P. The van der Waals surface area contributed by atoms with E-state index in [0.29, 0.717) is 12.8 Å². The van der Waals surface area contributed by atoms with Gasteiger partial charge in [-0.15, -0.1) is 0 Å². The van der Waals surface area contributed by atoms with Crippen molar-refractivity contribution >= 4 is 19.8 Å². The second kappa shape index (κ2) is 38.7. The molecule has 0 spiro atoms. The van der Waals surface area contributed by atoms with Crippen molar-refractivity contribution in [2.45, 2.75) is 155 Å². The zero-order chi connectivity index (χ0) is 38.9. The third-order valence-electron chi connectivity index (χ3n) is 7.94. The Hall–Kier alpha value is -3.03. The number of carbonyl (C=O) groups excluding carboxylic acids is 2. The Labute approximate surface area is 322 Å². The van der Waals surface area contributed by atoms with Crippen molar-refractivity contribution in [1.29, 1.82) is 0 Å². The molecule has 0 aromatic heterocycles. The van der Waals surface area contributed by atoms with Gasteiger partial charge in [-0.1, -0.05) is 162 Å². The molecule has 0 aliphatic carbocycles. The average Bonchev–Trinajstić information content (AvgIpc) is 3.13. The molecule has 0 aromatic rings. The van der Waals surface area contributed by atoms with Crippen molar-refractivity contribution in [3.8, 4) is 0 Å². The average molecular weight is 759 g/mol. The molecule has 0 bridgehead atoms. The summed E-state index contributed by atoms with van der Waals surface area (Å²) in [5.41, 5.74) is 0. The van der Waals surface area contributed by atoms with Gasteiger partial charge in [-0.3, -0.25) is 14.1 Å². The van der Waals surface area contributed by atoms with E-state index in [1.165, 1.54) is 32.1 Å². The van der Waals surface area contributed by atoms with Gasteiger partial charge >= 0.3 is 19.8 Å². The van der Waals surface area contributed by atoms with Gasteiger partial charge in [-0.2, -0.15) is 0 Å². The van der Waals surface area contributed by atoms with Gasteiger partial charge in [0.1, 0.15) is 6.61 Å². The van der Waals surface area contributed by atoms with E-state index in [0.717, 1.165) is 77.0 Å². The molecular weight excluding hydrogens is 687 g/mol. The number of hydrogen-bond acceptors (Lipinski definition) is 6. The highest BCUT2D eigenvalue weighted by molar-refractivity contribution is 7.46. The van der Waals surface area contributed by atoms with Gasteiger partial charge in [-0.25, -0.2) is 4.57 Å². The van der Waals surface area contributed by atoms with Crippen LogP contribution in [0.1, 0.15) is 149 Å². The summed E-state index contributed by atoms with van der Waals surface area (Å²) in [6.07, 6.45) is 52.8. The first-order chi connectivity index (χ1) is 25.8. The van der Waals surface area contributed by atoms with Crippen LogP contribution < -0.4 is 0 Å². The molecule has 0 fully saturated rings. The molecule has 0 heterocycles. The molecule has 0 rings (SSSR count). The second-order valence-electron chi connectivity index (χ2n) is 12.9. The number of carbonyl (C=O) groups is 2. The molecule has 0 aliphatic heterocycles. The number of unbranched alkanes of at least 4 members (excludes halogenated alkanes) is 12. The van der Waals surface area contributed by atoms with E-state index < -0.39 is 32.5 Å².